The fourth-order valence-corrected chi connectivity index (χ4v) is 1.30. The maximum Gasteiger partial charge on any atom is 0.405 e. The number of hydrogen-bond donors (Lipinski definition) is 2. The molecule has 2 amide bonds. The first-order valence-electron chi connectivity index (χ1n) is 5.00. The highest BCUT2D eigenvalue weighted by molar-refractivity contribution is 5.75. The van der Waals surface area contributed by atoms with Gasteiger partial charge in [0.05, 0.1) is 6.42 Å². The zero-order valence-corrected chi connectivity index (χ0v) is 9.54. The summed E-state index contributed by atoms with van der Waals surface area (Å²) < 4.78 is 35.6. The largest absolute Gasteiger partial charge is 0.481 e. The van der Waals surface area contributed by atoms with Crippen LogP contribution in [0, 0.1) is 0 Å². The first-order valence-corrected chi connectivity index (χ1v) is 5.00. The van der Waals surface area contributed by atoms with E-state index in [1.54, 1.807) is 12.2 Å². The standard InChI is InChI=1S/C9H15F3N2O3/c1-3-14(6(2)4-7(15)16)8(17)13-5-9(10,11)12/h6H,3-5H2,1-2H3,(H,13,17)(H,15,16). The van der Waals surface area contributed by atoms with Crippen LogP contribution in [-0.4, -0.2) is 47.3 Å². The number of carboxylic acids is 1. The Balaban J connectivity index is 4.35. The van der Waals surface area contributed by atoms with E-state index >= 15 is 0 Å². The fraction of sp³-hybridized carbons (Fsp3) is 0.778. The molecular formula is C9H15F3N2O3. The molecule has 0 heterocycles. The summed E-state index contributed by atoms with van der Waals surface area (Å²) in [4.78, 5) is 22.8. The van der Waals surface area contributed by atoms with E-state index < -0.39 is 30.8 Å². The Kier molecular flexibility index (Phi) is 5.77. The van der Waals surface area contributed by atoms with Crippen LogP contribution in [0.15, 0.2) is 0 Å². The van der Waals surface area contributed by atoms with Crippen molar-refractivity contribution in [3.05, 3.63) is 0 Å². The average Bonchev–Trinajstić information content (AvgIpc) is 2.13. The number of alkyl halides is 3. The smallest absolute Gasteiger partial charge is 0.405 e. The van der Waals surface area contributed by atoms with Crippen molar-refractivity contribution in [3.8, 4) is 0 Å². The van der Waals surface area contributed by atoms with Crippen molar-refractivity contribution in [1.29, 1.82) is 0 Å². The van der Waals surface area contributed by atoms with E-state index in [0.29, 0.717) is 0 Å². The van der Waals surface area contributed by atoms with E-state index in [1.807, 2.05) is 0 Å². The number of aliphatic carboxylic acids is 1. The Morgan fingerprint density at radius 1 is 1.41 bits per heavy atom. The summed E-state index contributed by atoms with van der Waals surface area (Å²) in [6, 6.07) is -1.58. The van der Waals surface area contributed by atoms with Crippen molar-refractivity contribution in [1.82, 2.24) is 10.2 Å². The molecule has 17 heavy (non-hydrogen) atoms. The van der Waals surface area contributed by atoms with Gasteiger partial charge in [-0.05, 0) is 13.8 Å². The highest BCUT2D eigenvalue weighted by atomic mass is 19.4. The van der Waals surface area contributed by atoms with Crippen LogP contribution in [0.25, 0.3) is 0 Å². The van der Waals surface area contributed by atoms with Gasteiger partial charge in [-0.1, -0.05) is 0 Å². The number of nitrogens with zero attached hydrogens (tertiary/aromatic N) is 1. The molecule has 0 aliphatic rings. The van der Waals surface area contributed by atoms with Gasteiger partial charge in [-0.15, -0.1) is 0 Å². The quantitative estimate of drug-likeness (QED) is 0.782. The second kappa shape index (κ2) is 6.31. The molecule has 1 unspecified atom stereocenters. The minimum Gasteiger partial charge on any atom is -0.481 e. The lowest BCUT2D eigenvalue weighted by Crippen LogP contribution is -2.47. The first-order chi connectivity index (χ1) is 7.67. The second-order valence-electron chi connectivity index (χ2n) is 3.51. The Labute approximate surface area is 96.6 Å². The summed E-state index contributed by atoms with van der Waals surface area (Å²) in [5.74, 6) is -1.11. The Hall–Kier alpha value is -1.47. The second-order valence-corrected chi connectivity index (χ2v) is 3.51. The fourth-order valence-electron chi connectivity index (χ4n) is 1.30. The highest BCUT2D eigenvalue weighted by Crippen LogP contribution is 2.13. The molecule has 100 valence electrons. The normalized spacial score (nSPS) is 13.0. The Bertz CT molecular complexity index is 281. The van der Waals surface area contributed by atoms with E-state index in [0.717, 1.165) is 4.90 Å². The predicted octanol–water partition coefficient (Wildman–Crippen LogP) is 1.44. The summed E-state index contributed by atoms with van der Waals surface area (Å²) in [6.45, 7) is 1.73. The molecule has 0 aromatic heterocycles. The van der Waals surface area contributed by atoms with Crippen LogP contribution >= 0.6 is 0 Å². The molecule has 0 aromatic carbocycles. The van der Waals surface area contributed by atoms with Gasteiger partial charge in [-0.3, -0.25) is 4.79 Å². The third kappa shape index (κ3) is 6.64. The number of carbonyl (C=O) groups excluding carboxylic acids is 1. The third-order valence-corrected chi connectivity index (χ3v) is 2.04. The zero-order valence-electron chi connectivity index (χ0n) is 9.54. The lowest BCUT2D eigenvalue weighted by Gasteiger charge is -2.27. The molecule has 0 bridgehead atoms. The lowest BCUT2D eigenvalue weighted by atomic mass is 10.2. The molecule has 0 saturated heterocycles. The first kappa shape index (κ1) is 15.5. The predicted molar refractivity (Wildman–Crippen MR) is 53.5 cm³/mol. The van der Waals surface area contributed by atoms with Gasteiger partial charge < -0.3 is 15.3 Å². The molecule has 0 saturated carbocycles. The van der Waals surface area contributed by atoms with Gasteiger partial charge in [-0.25, -0.2) is 4.79 Å². The Morgan fingerprint density at radius 2 is 1.94 bits per heavy atom. The number of nitrogens with one attached hydrogen (secondary N) is 1. The molecule has 0 fully saturated rings. The van der Waals surface area contributed by atoms with Gasteiger partial charge in [0, 0.05) is 12.6 Å². The van der Waals surface area contributed by atoms with E-state index in [-0.39, 0.29) is 13.0 Å². The molecule has 8 heteroatoms. The van der Waals surface area contributed by atoms with Crippen LogP contribution in [0.2, 0.25) is 0 Å². The van der Waals surface area contributed by atoms with Crippen LogP contribution in [0.3, 0.4) is 0 Å². The van der Waals surface area contributed by atoms with Gasteiger partial charge >= 0.3 is 18.2 Å². The number of amides is 2. The van der Waals surface area contributed by atoms with Gasteiger partial charge in [0.2, 0.25) is 0 Å². The van der Waals surface area contributed by atoms with Gasteiger partial charge in [0.15, 0.2) is 0 Å². The molecule has 2 N–H and O–H groups in total. The molecule has 0 aliphatic carbocycles. The van der Waals surface area contributed by atoms with Crippen LogP contribution in [0.4, 0.5) is 18.0 Å². The number of carboxylic acid groups (broad SMARTS) is 1. The summed E-state index contributed by atoms with van der Waals surface area (Å²) in [6.07, 6.45) is -4.79. The third-order valence-electron chi connectivity index (χ3n) is 2.04. The molecule has 0 rings (SSSR count). The van der Waals surface area contributed by atoms with Gasteiger partial charge in [0.1, 0.15) is 6.54 Å². The van der Waals surface area contributed by atoms with Crippen LogP contribution < -0.4 is 5.32 Å². The van der Waals surface area contributed by atoms with Crippen LogP contribution in [-0.2, 0) is 4.79 Å². The molecule has 0 aromatic rings. The van der Waals surface area contributed by atoms with E-state index in [4.69, 9.17) is 5.11 Å². The maximum atomic E-state index is 11.9. The van der Waals surface area contributed by atoms with Gasteiger partial charge in [0.25, 0.3) is 0 Å². The summed E-state index contributed by atoms with van der Waals surface area (Å²) >= 11 is 0. The lowest BCUT2D eigenvalue weighted by molar-refractivity contribution is -0.138. The van der Waals surface area contributed by atoms with Crippen molar-refractivity contribution in [2.24, 2.45) is 0 Å². The number of urea groups is 1. The number of hydrogen-bond acceptors (Lipinski definition) is 2. The molecular weight excluding hydrogens is 241 g/mol. The Morgan fingerprint density at radius 3 is 2.29 bits per heavy atom. The minimum atomic E-state index is -4.48. The zero-order chi connectivity index (χ0) is 13.6. The molecule has 5 nitrogen and oxygen atoms in total. The van der Waals surface area contributed by atoms with E-state index in [9.17, 15) is 22.8 Å². The highest BCUT2D eigenvalue weighted by Gasteiger charge is 2.29. The number of halogens is 3. The van der Waals surface area contributed by atoms with Crippen LogP contribution in [0.5, 0.6) is 0 Å². The number of carbonyl (C=O) groups is 2. The monoisotopic (exact) mass is 256 g/mol. The van der Waals surface area contributed by atoms with Crippen molar-refractivity contribution >= 4 is 12.0 Å². The molecule has 0 aliphatic heterocycles. The number of rotatable bonds is 5. The van der Waals surface area contributed by atoms with Gasteiger partial charge in [-0.2, -0.15) is 13.2 Å². The summed E-state index contributed by atoms with van der Waals surface area (Å²) in [7, 11) is 0. The van der Waals surface area contributed by atoms with Crippen molar-refractivity contribution in [2.45, 2.75) is 32.5 Å². The summed E-state index contributed by atoms with van der Waals surface area (Å²) in [5.41, 5.74) is 0. The SMILES string of the molecule is CCN(C(=O)NCC(F)(F)F)C(C)CC(=O)O. The molecule has 1 atom stereocenters. The maximum absolute atomic E-state index is 11.9. The average molecular weight is 256 g/mol. The minimum absolute atomic E-state index is 0.137. The van der Waals surface area contributed by atoms with Crippen LogP contribution in [0.1, 0.15) is 20.3 Å². The van der Waals surface area contributed by atoms with Crippen molar-refractivity contribution < 1.29 is 27.9 Å². The molecule has 0 spiro atoms. The molecule has 0 radical (unpaired) electrons. The van der Waals surface area contributed by atoms with Crippen molar-refractivity contribution in [3.63, 3.8) is 0 Å². The van der Waals surface area contributed by atoms with E-state index in [2.05, 4.69) is 0 Å². The van der Waals surface area contributed by atoms with Crippen molar-refractivity contribution in [2.75, 3.05) is 13.1 Å². The summed E-state index contributed by atoms with van der Waals surface area (Å²) in [5, 5.41) is 10.2. The van der Waals surface area contributed by atoms with E-state index in [1.165, 1.54) is 6.92 Å². The topological polar surface area (TPSA) is 69.6 Å².